The largest absolute Gasteiger partial charge is 0.379 e. The zero-order valence-electron chi connectivity index (χ0n) is 12.1. The Kier molecular flexibility index (Phi) is 4.12. The van der Waals surface area contributed by atoms with E-state index in [-0.39, 0.29) is 11.1 Å². The maximum Gasteiger partial charge on any atom is 0.130 e. The molecule has 1 aliphatic heterocycles. The van der Waals surface area contributed by atoms with E-state index in [1.54, 1.807) is 0 Å². The Morgan fingerprint density at radius 3 is 1.61 bits per heavy atom. The molecule has 1 saturated heterocycles. The van der Waals surface area contributed by atoms with Gasteiger partial charge in [-0.2, -0.15) is 0 Å². The first kappa shape index (κ1) is 16.0. The van der Waals surface area contributed by atoms with E-state index in [1.807, 2.05) is 0 Å². The Bertz CT molecular complexity index is 637. The Hall–Kier alpha value is -1.92. The molecular weight excluding hydrogens is 310 g/mol. The fourth-order valence-electron chi connectivity index (χ4n) is 3.16. The summed E-state index contributed by atoms with van der Waals surface area (Å²) in [5.74, 6) is -3.47. The van der Waals surface area contributed by atoms with E-state index < -0.39 is 34.9 Å². The van der Waals surface area contributed by atoms with Crippen LogP contribution in [0.5, 0.6) is 0 Å². The molecule has 23 heavy (non-hydrogen) atoms. The summed E-state index contributed by atoms with van der Waals surface area (Å²) in [4.78, 5) is 0. The minimum atomic E-state index is -1.94. The summed E-state index contributed by atoms with van der Waals surface area (Å²) in [6.45, 7) is 0.600. The average molecular weight is 325 g/mol. The normalized spacial score (nSPS) is 18.4. The highest BCUT2D eigenvalue weighted by Crippen LogP contribution is 2.37. The molecule has 0 aromatic heterocycles. The first-order valence-corrected chi connectivity index (χ1v) is 7.28. The van der Waals surface area contributed by atoms with Crippen LogP contribution in [0, 0.1) is 23.3 Å². The van der Waals surface area contributed by atoms with E-state index in [0.717, 1.165) is 30.7 Å². The smallest absolute Gasteiger partial charge is 0.130 e. The highest BCUT2D eigenvalue weighted by Gasteiger charge is 2.42. The van der Waals surface area contributed by atoms with Gasteiger partial charge in [-0.25, -0.2) is 17.6 Å². The van der Waals surface area contributed by atoms with Crippen molar-refractivity contribution in [2.24, 2.45) is 0 Å². The molecule has 0 unspecified atom stereocenters. The summed E-state index contributed by atoms with van der Waals surface area (Å²) >= 11 is 0. The van der Waals surface area contributed by atoms with Gasteiger partial charge in [0, 0.05) is 18.2 Å². The minimum absolute atomic E-state index is 0.0839. The predicted octanol–water partition coefficient (Wildman–Crippen LogP) is 3.23. The van der Waals surface area contributed by atoms with Crippen LogP contribution in [0.1, 0.15) is 24.0 Å². The summed E-state index contributed by atoms with van der Waals surface area (Å²) in [6.07, 6.45) is 1.25. The molecule has 2 aromatic rings. The van der Waals surface area contributed by atoms with Crippen molar-refractivity contribution in [1.29, 1.82) is 0 Å². The maximum atomic E-state index is 13.6. The molecule has 2 N–H and O–H groups in total. The van der Waals surface area contributed by atoms with E-state index in [1.165, 1.54) is 0 Å². The van der Waals surface area contributed by atoms with Gasteiger partial charge in [0.1, 0.15) is 28.9 Å². The summed E-state index contributed by atoms with van der Waals surface area (Å²) in [5.41, 5.74) is -2.11. The lowest BCUT2D eigenvalue weighted by molar-refractivity contribution is 0.0430. The van der Waals surface area contributed by atoms with Crippen molar-refractivity contribution in [3.05, 3.63) is 70.8 Å². The van der Waals surface area contributed by atoms with Crippen LogP contribution in [-0.4, -0.2) is 17.7 Å². The third kappa shape index (κ3) is 2.96. The first-order chi connectivity index (χ1) is 10.9. The van der Waals surface area contributed by atoms with Crippen LogP contribution in [0.4, 0.5) is 17.6 Å². The third-order valence-electron chi connectivity index (χ3n) is 4.17. The van der Waals surface area contributed by atoms with Crippen LogP contribution >= 0.6 is 0 Å². The number of aliphatic hydroxyl groups is 1. The monoisotopic (exact) mass is 325 g/mol. The lowest BCUT2D eigenvalue weighted by Gasteiger charge is -2.35. The van der Waals surface area contributed by atoms with Crippen molar-refractivity contribution in [3.8, 4) is 0 Å². The maximum absolute atomic E-state index is 13.6. The molecule has 1 fully saturated rings. The Morgan fingerprint density at radius 1 is 0.826 bits per heavy atom. The van der Waals surface area contributed by atoms with Crippen LogP contribution in [0.2, 0.25) is 0 Å². The second-order valence-corrected chi connectivity index (χ2v) is 5.73. The topological polar surface area (TPSA) is 32.3 Å². The highest BCUT2D eigenvalue weighted by atomic mass is 19.1. The molecule has 1 atom stereocenters. The summed E-state index contributed by atoms with van der Waals surface area (Å²) in [7, 11) is 0. The summed E-state index contributed by atoms with van der Waals surface area (Å²) < 4.78 is 54.4. The molecule has 0 amide bonds. The average Bonchev–Trinajstić information content (AvgIpc) is 2.98. The molecule has 1 heterocycles. The molecule has 0 bridgehead atoms. The molecule has 3 rings (SSSR count). The van der Waals surface area contributed by atoms with Crippen molar-refractivity contribution in [1.82, 2.24) is 5.32 Å². The van der Waals surface area contributed by atoms with Crippen LogP contribution in [0.25, 0.3) is 0 Å². The van der Waals surface area contributed by atoms with Gasteiger partial charge >= 0.3 is 0 Å². The highest BCUT2D eigenvalue weighted by molar-refractivity contribution is 5.39. The van der Waals surface area contributed by atoms with E-state index in [2.05, 4.69) is 5.32 Å². The summed E-state index contributed by atoms with van der Waals surface area (Å²) in [6, 6.07) is 4.66. The van der Waals surface area contributed by atoms with E-state index in [4.69, 9.17) is 0 Å². The molecule has 0 saturated carbocycles. The van der Waals surface area contributed by atoms with Gasteiger partial charge in [-0.3, -0.25) is 0 Å². The lowest BCUT2D eigenvalue weighted by atomic mass is 9.79. The van der Waals surface area contributed by atoms with Gasteiger partial charge < -0.3 is 10.4 Å². The first-order valence-electron chi connectivity index (χ1n) is 7.28. The van der Waals surface area contributed by atoms with Crippen molar-refractivity contribution in [2.45, 2.75) is 24.5 Å². The van der Waals surface area contributed by atoms with Gasteiger partial charge in [-0.1, -0.05) is 0 Å². The van der Waals surface area contributed by atoms with Gasteiger partial charge in [0.25, 0.3) is 0 Å². The summed E-state index contributed by atoms with van der Waals surface area (Å²) in [5, 5.41) is 14.3. The minimum Gasteiger partial charge on any atom is -0.379 e. The van der Waals surface area contributed by atoms with E-state index in [9.17, 15) is 22.7 Å². The Labute approximate surface area is 130 Å². The standard InChI is InChI=1S/C17H15F4NO/c18-12-4-10(5-13(19)8-12)17(23,16-2-1-3-22-16)11-6-14(20)9-15(21)7-11/h4-9,16,22-23H,1-3H2/t16-/m1/s1. The molecule has 122 valence electrons. The van der Waals surface area contributed by atoms with Gasteiger partial charge in [0.05, 0.1) is 0 Å². The SMILES string of the molecule is OC(c1cc(F)cc(F)c1)(c1cc(F)cc(F)c1)[C@H]1CCCN1. The molecule has 0 spiro atoms. The molecule has 6 heteroatoms. The van der Waals surface area contributed by atoms with Crippen molar-refractivity contribution in [2.75, 3.05) is 6.54 Å². The molecule has 0 radical (unpaired) electrons. The number of halogens is 4. The van der Waals surface area contributed by atoms with Crippen molar-refractivity contribution in [3.63, 3.8) is 0 Å². The van der Waals surface area contributed by atoms with Crippen molar-refractivity contribution >= 4 is 0 Å². The number of hydrogen-bond donors (Lipinski definition) is 2. The number of rotatable bonds is 3. The fourth-order valence-corrected chi connectivity index (χ4v) is 3.16. The second kappa shape index (κ2) is 5.94. The predicted molar refractivity (Wildman–Crippen MR) is 76.7 cm³/mol. The third-order valence-corrected chi connectivity index (χ3v) is 4.17. The molecule has 0 aliphatic carbocycles. The van der Waals surface area contributed by atoms with Gasteiger partial charge in [-0.05, 0) is 54.8 Å². The Balaban J connectivity index is 2.21. The molecule has 1 aliphatic rings. The second-order valence-electron chi connectivity index (χ2n) is 5.73. The lowest BCUT2D eigenvalue weighted by Crippen LogP contribution is -2.46. The number of nitrogens with one attached hydrogen (secondary N) is 1. The van der Waals surface area contributed by atoms with Crippen LogP contribution in [0.15, 0.2) is 36.4 Å². The van der Waals surface area contributed by atoms with Crippen LogP contribution < -0.4 is 5.32 Å². The molecule has 2 nitrogen and oxygen atoms in total. The van der Waals surface area contributed by atoms with Crippen LogP contribution in [-0.2, 0) is 5.60 Å². The number of hydrogen-bond acceptors (Lipinski definition) is 2. The van der Waals surface area contributed by atoms with E-state index >= 15 is 0 Å². The van der Waals surface area contributed by atoms with Gasteiger partial charge in [0.15, 0.2) is 0 Å². The van der Waals surface area contributed by atoms with E-state index in [0.29, 0.717) is 25.1 Å². The molecule has 2 aromatic carbocycles. The number of benzene rings is 2. The molecular formula is C17H15F4NO. The Morgan fingerprint density at radius 2 is 1.26 bits per heavy atom. The zero-order valence-corrected chi connectivity index (χ0v) is 12.1. The van der Waals surface area contributed by atoms with Crippen LogP contribution in [0.3, 0.4) is 0 Å². The fraction of sp³-hybridized carbons (Fsp3) is 0.294. The van der Waals surface area contributed by atoms with Crippen molar-refractivity contribution < 1.29 is 22.7 Å². The van der Waals surface area contributed by atoms with Gasteiger partial charge in [0.2, 0.25) is 0 Å². The zero-order chi connectivity index (χ0) is 16.6. The van der Waals surface area contributed by atoms with Gasteiger partial charge in [-0.15, -0.1) is 0 Å². The quantitative estimate of drug-likeness (QED) is 0.849.